The van der Waals surface area contributed by atoms with Crippen molar-refractivity contribution in [3.05, 3.63) is 53.6 Å². The molecule has 166 valence electrons. The standard InChI is InChI=1S/C22H24F3N3O3/c1-15(16-5-6-19-20(11-16)31-14-30-19)26-21(29)13-27-7-9-28(10-8-27)18-4-2-3-17(12-18)22(23,24)25/h2-6,11-12,15H,7-10,13-14H2,1H3,(H,26,29). The number of hydrogen-bond acceptors (Lipinski definition) is 5. The van der Waals surface area contributed by atoms with Gasteiger partial charge in [0.15, 0.2) is 11.5 Å². The van der Waals surface area contributed by atoms with Crippen molar-refractivity contribution < 1.29 is 27.4 Å². The topological polar surface area (TPSA) is 54.0 Å². The van der Waals surface area contributed by atoms with Gasteiger partial charge in [0, 0.05) is 31.9 Å². The Morgan fingerprint density at radius 2 is 1.81 bits per heavy atom. The predicted molar refractivity (Wildman–Crippen MR) is 109 cm³/mol. The summed E-state index contributed by atoms with van der Waals surface area (Å²) >= 11 is 0. The number of carbonyl (C=O) groups is 1. The summed E-state index contributed by atoms with van der Waals surface area (Å²) in [7, 11) is 0. The summed E-state index contributed by atoms with van der Waals surface area (Å²) in [5.74, 6) is 1.27. The van der Waals surface area contributed by atoms with Crippen LogP contribution in [0.5, 0.6) is 11.5 Å². The Balaban J connectivity index is 1.27. The molecule has 2 aromatic rings. The molecule has 1 atom stereocenters. The van der Waals surface area contributed by atoms with E-state index >= 15 is 0 Å². The van der Waals surface area contributed by atoms with Crippen LogP contribution in [0.4, 0.5) is 18.9 Å². The molecule has 4 rings (SSSR count). The minimum atomic E-state index is -4.36. The molecule has 2 aliphatic heterocycles. The third-order valence-electron chi connectivity index (χ3n) is 5.55. The summed E-state index contributed by atoms with van der Waals surface area (Å²) in [6.45, 7) is 4.67. The van der Waals surface area contributed by atoms with Crippen molar-refractivity contribution >= 4 is 11.6 Å². The Labute approximate surface area is 178 Å². The van der Waals surface area contributed by atoms with Crippen molar-refractivity contribution in [2.45, 2.75) is 19.1 Å². The lowest BCUT2D eigenvalue weighted by atomic mass is 10.1. The number of fused-ring (bicyclic) bond motifs is 1. The number of carbonyl (C=O) groups excluding carboxylic acids is 1. The lowest BCUT2D eigenvalue weighted by molar-refractivity contribution is -0.137. The molecule has 9 heteroatoms. The molecule has 1 unspecified atom stereocenters. The highest BCUT2D eigenvalue weighted by Gasteiger charge is 2.31. The van der Waals surface area contributed by atoms with Gasteiger partial charge in [-0.2, -0.15) is 13.2 Å². The first-order valence-corrected chi connectivity index (χ1v) is 10.1. The van der Waals surface area contributed by atoms with Crippen LogP contribution in [-0.4, -0.2) is 50.3 Å². The van der Waals surface area contributed by atoms with E-state index in [1.54, 1.807) is 6.07 Å². The van der Waals surface area contributed by atoms with Gasteiger partial charge < -0.3 is 19.7 Å². The van der Waals surface area contributed by atoms with Crippen molar-refractivity contribution in [2.24, 2.45) is 0 Å². The highest BCUT2D eigenvalue weighted by molar-refractivity contribution is 5.78. The fourth-order valence-corrected chi connectivity index (χ4v) is 3.80. The molecule has 2 heterocycles. The SMILES string of the molecule is CC(NC(=O)CN1CCN(c2cccc(C(F)(F)F)c2)CC1)c1ccc2c(c1)OCO2. The van der Waals surface area contributed by atoms with Crippen LogP contribution >= 0.6 is 0 Å². The molecule has 0 aromatic heterocycles. The molecule has 2 aromatic carbocycles. The van der Waals surface area contributed by atoms with Gasteiger partial charge in [-0.05, 0) is 42.8 Å². The summed E-state index contributed by atoms with van der Waals surface area (Å²) in [5.41, 5.74) is 0.826. The highest BCUT2D eigenvalue weighted by Crippen LogP contribution is 2.34. The van der Waals surface area contributed by atoms with Crippen LogP contribution in [-0.2, 0) is 11.0 Å². The molecule has 1 amide bonds. The average molecular weight is 435 g/mol. The van der Waals surface area contributed by atoms with Crippen molar-refractivity contribution in [2.75, 3.05) is 44.4 Å². The molecule has 0 spiro atoms. The van der Waals surface area contributed by atoms with Crippen LogP contribution in [0.2, 0.25) is 0 Å². The van der Waals surface area contributed by atoms with Gasteiger partial charge in [0.05, 0.1) is 18.2 Å². The molecule has 6 nitrogen and oxygen atoms in total. The Kier molecular flexibility index (Phi) is 5.95. The number of piperazine rings is 1. The van der Waals surface area contributed by atoms with Gasteiger partial charge in [-0.15, -0.1) is 0 Å². The monoisotopic (exact) mass is 435 g/mol. The summed E-state index contributed by atoms with van der Waals surface area (Å²) in [6, 6.07) is 10.8. The third-order valence-corrected chi connectivity index (χ3v) is 5.55. The van der Waals surface area contributed by atoms with Gasteiger partial charge in [-0.3, -0.25) is 9.69 Å². The molecule has 0 bridgehead atoms. The maximum absolute atomic E-state index is 12.9. The molecule has 1 saturated heterocycles. The van der Waals surface area contributed by atoms with Crippen LogP contribution in [0, 0.1) is 0 Å². The number of rotatable bonds is 5. The fraction of sp³-hybridized carbons (Fsp3) is 0.409. The highest BCUT2D eigenvalue weighted by atomic mass is 19.4. The summed E-state index contributed by atoms with van der Waals surface area (Å²) in [4.78, 5) is 16.4. The molecule has 31 heavy (non-hydrogen) atoms. The van der Waals surface area contributed by atoms with Crippen molar-refractivity contribution in [3.63, 3.8) is 0 Å². The van der Waals surface area contributed by atoms with E-state index in [1.807, 2.05) is 34.9 Å². The van der Waals surface area contributed by atoms with Crippen LogP contribution < -0.4 is 19.7 Å². The third kappa shape index (κ3) is 5.04. The Hall–Kier alpha value is -2.94. The number of ether oxygens (including phenoxy) is 2. The quantitative estimate of drug-likeness (QED) is 0.780. The zero-order chi connectivity index (χ0) is 22.0. The van der Waals surface area contributed by atoms with Gasteiger partial charge >= 0.3 is 6.18 Å². The largest absolute Gasteiger partial charge is 0.454 e. The number of anilines is 1. The predicted octanol–water partition coefficient (Wildman–Crippen LogP) is 3.43. The summed E-state index contributed by atoms with van der Waals surface area (Å²) in [5, 5.41) is 2.99. The zero-order valence-corrected chi connectivity index (χ0v) is 17.1. The maximum atomic E-state index is 12.9. The van der Waals surface area contributed by atoms with Gasteiger partial charge in [0.25, 0.3) is 0 Å². The lowest BCUT2D eigenvalue weighted by Gasteiger charge is -2.36. The Morgan fingerprint density at radius 1 is 1.06 bits per heavy atom. The second-order valence-corrected chi connectivity index (χ2v) is 7.71. The zero-order valence-electron chi connectivity index (χ0n) is 17.1. The number of nitrogens with one attached hydrogen (secondary N) is 1. The number of nitrogens with zero attached hydrogens (tertiary/aromatic N) is 2. The minimum absolute atomic E-state index is 0.0994. The lowest BCUT2D eigenvalue weighted by Crippen LogP contribution is -2.49. The second kappa shape index (κ2) is 8.66. The maximum Gasteiger partial charge on any atom is 0.416 e. The van der Waals surface area contributed by atoms with E-state index in [2.05, 4.69) is 5.32 Å². The molecule has 0 saturated carbocycles. The molecule has 0 aliphatic carbocycles. The number of benzene rings is 2. The van der Waals surface area contributed by atoms with E-state index < -0.39 is 11.7 Å². The molecule has 1 N–H and O–H groups in total. The van der Waals surface area contributed by atoms with Gasteiger partial charge in [0.2, 0.25) is 12.7 Å². The van der Waals surface area contributed by atoms with Gasteiger partial charge in [0.1, 0.15) is 0 Å². The number of alkyl halides is 3. The van der Waals surface area contributed by atoms with Crippen molar-refractivity contribution in [1.29, 1.82) is 0 Å². The van der Waals surface area contributed by atoms with E-state index in [0.29, 0.717) is 43.4 Å². The number of hydrogen-bond donors (Lipinski definition) is 1. The first-order valence-electron chi connectivity index (χ1n) is 10.1. The van der Waals surface area contributed by atoms with Crippen molar-refractivity contribution in [1.82, 2.24) is 10.2 Å². The van der Waals surface area contributed by atoms with E-state index in [9.17, 15) is 18.0 Å². The first kappa shape index (κ1) is 21.3. The Morgan fingerprint density at radius 3 is 2.55 bits per heavy atom. The van der Waals surface area contributed by atoms with E-state index in [-0.39, 0.29) is 25.3 Å². The van der Waals surface area contributed by atoms with Crippen LogP contribution in [0.15, 0.2) is 42.5 Å². The minimum Gasteiger partial charge on any atom is -0.454 e. The number of amides is 1. The van der Waals surface area contributed by atoms with E-state index in [4.69, 9.17) is 9.47 Å². The molecule has 2 aliphatic rings. The number of halogens is 3. The summed E-state index contributed by atoms with van der Waals surface area (Å²) in [6.07, 6.45) is -4.36. The van der Waals surface area contributed by atoms with Crippen LogP contribution in [0.1, 0.15) is 24.1 Å². The first-order chi connectivity index (χ1) is 14.8. The van der Waals surface area contributed by atoms with Crippen LogP contribution in [0.25, 0.3) is 0 Å². The van der Waals surface area contributed by atoms with Gasteiger partial charge in [-0.25, -0.2) is 0 Å². The smallest absolute Gasteiger partial charge is 0.416 e. The summed E-state index contributed by atoms with van der Waals surface area (Å²) < 4.78 is 49.5. The molecule has 1 fully saturated rings. The normalized spacial score (nSPS) is 17.5. The molecule has 0 radical (unpaired) electrons. The molecular weight excluding hydrogens is 411 g/mol. The Bertz CT molecular complexity index is 943. The fourth-order valence-electron chi connectivity index (χ4n) is 3.80. The van der Waals surface area contributed by atoms with E-state index in [0.717, 1.165) is 11.6 Å². The van der Waals surface area contributed by atoms with Crippen LogP contribution in [0.3, 0.4) is 0 Å². The second-order valence-electron chi connectivity index (χ2n) is 7.71. The molecular formula is C22H24F3N3O3. The average Bonchev–Trinajstić information content (AvgIpc) is 3.21. The van der Waals surface area contributed by atoms with Crippen molar-refractivity contribution in [3.8, 4) is 11.5 Å². The van der Waals surface area contributed by atoms with E-state index in [1.165, 1.54) is 12.1 Å². The van der Waals surface area contributed by atoms with Gasteiger partial charge in [-0.1, -0.05) is 12.1 Å².